The highest BCUT2D eigenvalue weighted by Crippen LogP contribution is 2.34. The number of carboxylic acids is 1. The Kier molecular flexibility index (Phi) is 4.85. The van der Waals surface area contributed by atoms with Crippen molar-refractivity contribution in [3.05, 3.63) is 34.5 Å². The molecule has 4 nitrogen and oxygen atoms in total. The fraction of sp³-hybridized carbons (Fsp3) is 0.444. The fourth-order valence-corrected chi connectivity index (χ4v) is 4.58. The summed E-state index contributed by atoms with van der Waals surface area (Å²) in [4.78, 5) is 26.3. The number of fused-ring (bicyclic) bond motifs is 1. The zero-order chi connectivity index (χ0) is 17.3. The molecule has 1 fully saturated rings. The van der Waals surface area contributed by atoms with Gasteiger partial charge >= 0.3 is 5.97 Å². The Morgan fingerprint density at radius 1 is 1.38 bits per heavy atom. The molecule has 3 rings (SSSR count). The molecule has 6 heteroatoms. The average Bonchev–Trinajstić information content (AvgIpc) is 2.88. The minimum absolute atomic E-state index is 0.0244. The second kappa shape index (κ2) is 6.89. The molecule has 2 heterocycles. The van der Waals surface area contributed by atoms with Crippen molar-refractivity contribution in [1.29, 1.82) is 0 Å². The lowest BCUT2D eigenvalue weighted by Crippen LogP contribution is -2.43. The van der Waals surface area contributed by atoms with E-state index in [1.165, 1.54) is 23.5 Å². The molecule has 0 spiro atoms. The number of aryl methyl sites for hydroxylation is 1. The number of rotatable bonds is 4. The van der Waals surface area contributed by atoms with Crippen LogP contribution in [0, 0.1) is 12.7 Å². The van der Waals surface area contributed by atoms with Gasteiger partial charge in [0, 0.05) is 23.7 Å². The van der Waals surface area contributed by atoms with Gasteiger partial charge in [0.25, 0.3) is 5.91 Å². The van der Waals surface area contributed by atoms with Gasteiger partial charge in [-0.3, -0.25) is 9.59 Å². The first-order chi connectivity index (χ1) is 11.5. The van der Waals surface area contributed by atoms with Crippen LogP contribution in [-0.2, 0) is 4.79 Å². The molecule has 1 aliphatic rings. The second-order valence-corrected chi connectivity index (χ2v) is 7.33. The first-order valence-corrected chi connectivity index (χ1v) is 9.00. The molecule has 1 N–H and O–H groups in total. The van der Waals surface area contributed by atoms with E-state index in [1.807, 2.05) is 11.8 Å². The predicted molar refractivity (Wildman–Crippen MR) is 92.1 cm³/mol. The van der Waals surface area contributed by atoms with Crippen LogP contribution in [0.2, 0.25) is 0 Å². The lowest BCUT2D eigenvalue weighted by atomic mass is 9.97. The number of carbonyl (C=O) groups is 2. The third kappa shape index (κ3) is 3.29. The number of hydrogen-bond acceptors (Lipinski definition) is 3. The molecule has 0 aliphatic carbocycles. The summed E-state index contributed by atoms with van der Waals surface area (Å²) in [6.07, 6.45) is 3.36. The van der Waals surface area contributed by atoms with Crippen LogP contribution in [0.5, 0.6) is 0 Å². The summed E-state index contributed by atoms with van der Waals surface area (Å²) in [6.45, 7) is 2.55. The van der Waals surface area contributed by atoms with Crippen molar-refractivity contribution in [2.24, 2.45) is 0 Å². The van der Waals surface area contributed by atoms with Gasteiger partial charge in [0.05, 0.1) is 4.88 Å². The predicted octanol–water partition coefficient (Wildman–Crippen LogP) is 4.21. The largest absolute Gasteiger partial charge is 0.481 e. The van der Waals surface area contributed by atoms with Gasteiger partial charge in [-0.25, -0.2) is 4.39 Å². The van der Waals surface area contributed by atoms with E-state index in [1.54, 1.807) is 6.07 Å². The Morgan fingerprint density at radius 3 is 2.92 bits per heavy atom. The molecule has 128 valence electrons. The zero-order valence-corrected chi connectivity index (χ0v) is 14.4. The van der Waals surface area contributed by atoms with Crippen molar-refractivity contribution in [3.63, 3.8) is 0 Å². The molecule has 1 saturated heterocycles. The van der Waals surface area contributed by atoms with E-state index in [-0.39, 0.29) is 24.2 Å². The Morgan fingerprint density at radius 2 is 2.17 bits per heavy atom. The van der Waals surface area contributed by atoms with Crippen LogP contribution in [0.3, 0.4) is 0 Å². The minimum atomic E-state index is -0.832. The molecule has 0 radical (unpaired) electrons. The molecule has 1 atom stereocenters. The van der Waals surface area contributed by atoms with Gasteiger partial charge < -0.3 is 10.0 Å². The molecule has 24 heavy (non-hydrogen) atoms. The van der Waals surface area contributed by atoms with Crippen LogP contribution < -0.4 is 0 Å². The number of hydrogen-bond donors (Lipinski definition) is 1. The highest BCUT2D eigenvalue weighted by Gasteiger charge is 2.30. The van der Waals surface area contributed by atoms with Gasteiger partial charge in [0.2, 0.25) is 0 Å². The third-order valence-electron chi connectivity index (χ3n) is 4.67. The fourth-order valence-electron chi connectivity index (χ4n) is 3.39. The van der Waals surface area contributed by atoms with Gasteiger partial charge in [-0.15, -0.1) is 11.3 Å². The van der Waals surface area contributed by atoms with Crippen LogP contribution in [0.4, 0.5) is 4.39 Å². The molecule has 1 aliphatic heterocycles. The van der Waals surface area contributed by atoms with Crippen molar-refractivity contribution < 1.29 is 19.1 Å². The molecular weight excluding hydrogens is 329 g/mol. The number of likely N-dealkylation sites (tertiary alicyclic amines) is 1. The van der Waals surface area contributed by atoms with E-state index in [9.17, 15) is 14.0 Å². The first-order valence-electron chi connectivity index (χ1n) is 8.19. The minimum Gasteiger partial charge on any atom is -0.481 e. The van der Waals surface area contributed by atoms with Crippen molar-refractivity contribution in [2.75, 3.05) is 6.54 Å². The van der Waals surface area contributed by atoms with Crippen molar-refractivity contribution in [1.82, 2.24) is 4.90 Å². The van der Waals surface area contributed by atoms with Gasteiger partial charge in [0.15, 0.2) is 0 Å². The van der Waals surface area contributed by atoms with Crippen LogP contribution in [-0.4, -0.2) is 34.5 Å². The number of piperidine rings is 1. The Bertz CT molecular complexity index is 786. The van der Waals surface area contributed by atoms with E-state index in [0.717, 1.165) is 34.9 Å². The smallest absolute Gasteiger partial charge is 0.303 e. The van der Waals surface area contributed by atoms with E-state index in [2.05, 4.69) is 0 Å². The number of aliphatic carboxylic acids is 1. The number of thiophene rings is 1. The molecular formula is C18H20FNO3S. The van der Waals surface area contributed by atoms with Crippen LogP contribution >= 0.6 is 11.3 Å². The number of amides is 1. The van der Waals surface area contributed by atoms with Gasteiger partial charge in [-0.1, -0.05) is 6.07 Å². The van der Waals surface area contributed by atoms with Crippen LogP contribution in [0.15, 0.2) is 18.2 Å². The lowest BCUT2D eigenvalue weighted by molar-refractivity contribution is -0.137. The Labute approximate surface area is 143 Å². The molecule has 1 amide bonds. The summed E-state index contributed by atoms with van der Waals surface area (Å²) in [6, 6.07) is 4.56. The summed E-state index contributed by atoms with van der Waals surface area (Å²) >= 11 is 1.32. The average molecular weight is 349 g/mol. The first kappa shape index (κ1) is 16.9. The standard InChI is InChI=1S/C18H20FNO3S/c1-11-14-7-5-12(19)10-15(14)24-17(11)18(23)20-9-3-2-4-13(20)6-8-16(21)22/h5,7,10,13H,2-4,6,8-9H2,1H3,(H,21,22). The Hall–Kier alpha value is -1.95. The number of benzene rings is 1. The quantitative estimate of drug-likeness (QED) is 0.899. The van der Waals surface area contributed by atoms with E-state index in [0.29, 0.717) is 17.8 Å². The molecule has 0 saturated carbocycles. The highest BCUT2D eigenvalue weighted by molar-refractivity contribution is 7.21. The molecule has 1 aromatic heterocycles. The molecule has 0 bridgehead atoms. The lowest BCUT2D eigenvalue weighted by Gasteiger charge is -2.35. The second-order valence-electron chi connectivity index (χ2n) is 6.28. The number of carboxylic acid groups (broad SMARTS) is 1. The Balaban J connectivity index is 1.88. The third-order valence-corrected chi connectivity index (χ3v) is 5.92. The summed E-state index contributed by atoms with van der Waals surface area (Å²) < 4.78 is 14.2. The molecule has 2 aromatic rings. The highest BCUT2D eigenvalue weighted by atomic mass is 32.1. The van der Waals surface area contributed by atoms with E-state index < -0.39 is 5.97 Å². The van der Waals surface area contributed by atoms with Crippen LogP contribution in [0.25, 0.3) is 10.1 Å². The maximum absolute atomic E-state index is 13.4. The summed E-state index contributed by atoms with van der Waals surface area (Å²) in [7, 11) is 0. The number of nitrogens with zero attached hydrogens (tertiary/aromatic N) is 1. The van der Waals surface area contributed by atoms with Gasteiger partial charge in [-0.2, -0.15) is 0 Å². The maximum Gasteiger partial charge on any atom is 0.303 e. The van der Waals surface area contributed by atoms with Gasteiger partial charge in [-0.05, 0) is 55.7 Å². The summed E-state index contributed by atoms with van der Waals surface area (Å²) in [5.41, 5.74) is 0.877. The zero-order valence-electron chi connectivity index (χ0n) is 13.5. The SMILES string of the molecule is Cc1c(C(=O)N2CCCCC2CCC(=O)O)sc2cc(F)ccc12. The maximum atomic E-state index is 13.4. The van der Waals surface area contributed by atoms with Crippen molar-refractivity contribution >= 4 is 33.3 Å². The number of carbonyl (C=O) groups excluding carboxylic acids is 1. The van der Waals surface area contributed by atoms with E-state index in [4.69, 9.17) is 5.11 Å². The monoisotopic (exact) mass is 349 g/mol. The summed E-state index contributed by atoms with van der Waals surface area (Å²) in [5.74, 6) is -1.19. The normalized spacial score (nSPS) is 18.1. The summed E-state index contributed by atoms with van der Waals surface area (Å²) in [5, 5.41) is 9.82. The van der Waals surface area contributed by atoms with Gasteiger partial charge in [0.1, 0.15) is 5.82 Å². The molecule has 1 unspecified atom stereocenters. The van der Waals surface area contributed by atoms with Crippen LogP contribution in [0.1, 0.15) is 47.3 Å². The molecule has 1 aromatic carbocycles. The van der Waals surface area contributed by atoms with Crippen molar-refractivity contribution in [3.8, 4) is 0 Å². The number of halogens is 1. The van der Waals surface area contributed by atoms with E-state index >= 15 is 0 Å². The van der Waals surface area contributed by atoms with Crippen molar-refractivity contribution in [2.45, 2.75) is 45.1 Å². The topological polar surface area (TPSA) is 57.6 Å².